The average molecular weight is 496 g/mol. The number of nitrogens with one attached hydrogen (secondary N) is 2. The molecule has 3 N–H and O–H groups in total. The number of carbonyl (C=O) groups excluding carboxylic acids is 1. The van der Waals surface area contributed by atoms with Gasteiger partial charge < -0.3 is 10.1 Å². The van der Waals surface area contributed by atoms with Gasteiger partial charge in [-0.25, -0.2) is 9.67 Å². The number of alkyl halides is 2. The van der Waals surface area contributed by atoms with Crippen molar-refractivity contribution in [1.29, 1.82) is 0 Å². The fourth-order valence-corrected chi connectivity index (χ4v) is 3.88. The zero-order valence-electron chi connectivity index (χ0n) is 20.0. The molecule has 0 bridgehead atoms. The Labute approximate surface area is 206 Å². The zero-order valence-corrected chi connectivity index (χ0v) is 20.0. The number of carbonyl (C=O) groups is 1. The van der Waals surface area contributed by atoms with E-state index in [1.54, 1.807) is 41.3 Å². The van der Waals surface area contributed by atoms with Crippen molar-refractivity contribution in [2.75, 3.05) is 5.48 Å². The first-order valence-corrected chi connectivity index (χ1v) is 11.4. The molecule has 36 heavy (non-hydrogen) atoms. The number of hydrogen-bond donors (Lipinski definition) is 3. The van der Waals surface area contributed by atoms with Crippen molar-refractivity contribution in [1.82, 2.24) is 20.1 Å². The highest BCUT2D eigenvalue weighted by Gasteiger charge is 2.37. The largest absolute Gasteiger partial charge is 0.484 e. The van der Waals surface area contributed by atoms with E-state index in [1.807, 2.05) is 55.7 Å². The molecule has 0 fully saturated rings. The van der Waals surface area contributed by atoms with E-state index < -0.39 is 24.0 Å². The smallest absolute Gasteiger partial charge is 0.321 e. The van der Waals surface area contributed by atoms with Crippen molar-refractivity contribution >= 4 is 22.6 Å². The summed E-state index contributed by atoms with van der Waals surface area (Å²) in [5.74, 6) is -4.25. The fraction of sp³-hybridized carbons (Fsp3) is 0.269. The Kier molecular flexibility index (Phi) is 7.16. The first kappa shape index (κ1) is 25.1. The highest BCUT2D eigenvalue weighted by Crippen LogP contribution is 2.31. The Morgan fingerprint density at radius 1 is 1.08 bits per heavy atom. The molecular weight excluding hydrogens is 468 g/mol. The van der Waals surface area contributed by atoms with Gasteiger partial charge in [0.2, 0.25) is 0 Å². The fourth-order valence-electron chi connectivity index (χ4n) is 3.88. The van der Waals surface area contributed by atoms with Gasteiger partial charge >= 0.3 is 5.92 Å². The molecule has 0 spiro atoms. The maximum atomic E-state index is 13.7. The standard InChI is InChI=1S/C26H27F2N5O3/c1-16(2)23(31-25(34)26(3,27)28)24(17-7-5-4-6-8-17)36-20-10-11-21-18(13-20)14-30-33(21)19-9-12-22(32-35)29-15-19/h4-16,23-24,35H,1-3H3,(H,29,32)(H,31,34)/t23-,24+/m0/s1. The van der Waals surface area contributed by atoms with Crippen molar-refractivity contribution < 1.29 is 23.5 Å². The molecule has 0 aliphatic rings. The van der Waals surface area contributed by atoms with Crippen LogP contribution in [0.5, 0.6) is 5.75 Å². The minimum absolute atomic E-state index is 0.197. The minimum Gasteiger partial charge on any atom is -0.484 e. The Hall–Kier alpha value is -4.05. The summed E-state index contributed by atoms with van der Waals surface area (Å²) in [4.78, 5) is 16.3. The predicted molar refractivity (Wildman–Crippen MR) is 131 cm³/mol. The van der Waals surface area contributed by atoms with E-state index in [1.165, 1.54) is 0 Å². The molecule has 2 atom stereocenters. The van der Waals surface area contributed by atoms with E-state index in [0.29, 0.717) is 24.2 Å². The van der Waals surface area contributed by atoms with Crippen molar-refractivity contribution in [3.05, 3.63) is 78.6 Å². The molecular formula is C26H27F2N5O3. The Morgan fingerprint density at radius 2 is 1.83 bits per heavy atom. The van der Waals surface area contributed by atoms with Crippen LogP contribution in [-0.2, 0) is 4.79 Å². The monoisotopic (exact) mass is 495 g/mol. The van der Waals surface area contributed by atoms with Crippen LogP contribution in [0, 0.1) is 5.92 Å². The summed E-state index contributed by atoms with van der Waals surface area (Å²) in [6, 6.07) is 17.3. The first-order valence-electron chi connectivity index (χ1n) is 11.4. The van der Waals surface area contributed by atoms with Crippen LogP contribution < -0.4 is 15.5 Å². The summed E-state index contributed by atoms with van der Waals surface area (Å²) in [5, 5.41) is 16.7. The number of amides is 1. The van der Waals surface area contributed by atoms with Gasteiger partial charge in [-0.1, -0.05) is 44.2 Å². The number of nitrogens with zero attached hydrogens (tertiary/aromatic N) is 3. The third kappa shape index (κ3) is 5.44. The molecule has 0 radical (unpaired) electrons. The molecule has 10 heteroatoms. The van der Waals surface area contributed by atoms with Crippen molar-refractivity contribution in [3.63, 3.8) is 0 Å². The van der Waals surface area contributed by atoms with E-state index >= 15 is 0 Å². The number of ether oxygens (including phenoxy) is 1. The number of hydrogen-bond acceptors (Lipinski definition) is 6. The number of anilines is 1. The Morgan fingerprint density at radius 3 is 2.44 bits per heavy atom. The van der Waals surface area contributed by atoms with Gasteiger partial charge in [-0.2, -0.15) is 13.9 Å². The second-order valence-corrected chi connectivity index (χ2v) is 8.87. The Balaban J connectivity index is 1.66. The summed E-state index contributed by atoms with van der Waals surface area (Å²) in [7, 11) is 0. The van der Waals surface area contributed by atoms with E-state index in [9.17, 15) is 13.6 Å². The lowest BCUT2D eigenvalue weighted by Gasteiger charge is -2.32. The Bertz CT molecular complexity index is 1320. The molecule has 0 aliphatic carbocycles. The van der Waals surface area contributed by atoms with Crippen molar-refractivity contribution in [3.8, 4) is 11.4 Å². The van der Waals surface area contributed by atoms with Crippen LogP contribution in [0.2, 0.25) is 0 Å². The summed E-state index contributed by atoms with van der Waals surface area (Å²) in [6.45, 7) is 4.26. The second kappa shape index (κ2) is 10.3. The van der Waals surface area contributed by atoms with Gasteiger partial charge in [0.15, 0.2) is 0 Å². The molecule has 2 aromatic heterocycles. The van der Waals surface area contributed by atoms with Crippen LogP contribution >= 0.6 is 0 Å². The van der Waals surface area contributed by atoms with E-state index in [-0.39, 0.29) is 5.92 Å². The predicted octanol–water partition coefficient (Wildman–Crippen LogP) is 5.14. The number of halogens is 2. The van der Waals surface area contributed by atoms with Gasteiger partial charge in [0.25, 0.3) is 5.91 Å². The van der Waals surface area contributed by atoms with Crippen LogP contribution in [0.4, 0.5) is 14.6 Å². The van der Waals surface area contributed by atoms with Crippen LogP contribution in [0.15, 0.2) is 73.1 Å². The molecule has 0 unspecified atom stereocenters. The molecule has 188 valence electrons. The minimum atomic E-state index is -3.51. The van der Waals surface area contributed by atoms with Gasteiger partial charge in [-0.15, -0.1) is 0 Å². The highest BCUT2D eigenvalue weighted by atomic mass is 19.3. The van der Waals surface area contributed by atoms with Crippen LogP contribution in [0.25, 0.3) is 16.6 Å². The quantitative estimate of drug-likeness (QED) is 0.278. The molecule has 2 aromatic carbocycles. The lowest BCUT2D eigenvalue weighted by molar-refractivity contribution is -0.145. The molecule has 8 nitrogen and oxygen atoms in total. The van der Waals surface area contributed by atoms with Crippen molar-refractivity contribution in [2.45, 2.75) is 38.8 Å². The number of aromatic nitrogens is 3. The average Bonchev–Trinajstić information content (AvgIpc) is 3.29. The lowest BCUT2D eigenvalue weighted by atomic mass is 9.92. The van der Waals surface area contributed by atoms with Gasteiger partial charge in [0, 0.05) is 12.3 Å². The maximum absolute atomic E-state index is 13.7. The van der Waals surface area contributed by atoms with Gasteiger partial charge in [0.05, 0.1) is 29.6 Å². The summed E-state index contributed by atoms with van der Waals surface area (Å²) < 4.78 is 35.5. The molecule has 1 amide bonds. The molecule has 0 saturated carbocycles. The number of pyridine rings is 1. The normalized spacial score (nSPS) is 13.4. The number of benzene rings is 2. The van der Waals surface area contributed by atoms with Crippen LogP contribution in [0.3, 0.4) is 0 Å². The topological polar surface area (TPSA) is 101 Å². The first-order chi connectivity index (χ1) is 17.2. The van der Waals surface area contributed by atoms with Crippen LogP contribution in [-0.4, -0.2) is 37.8 Å². The molecule has 0 aliphatic heterocycles. The van der Waals surface area contributed by atoms with Crippen LogP contribution in [0.1, 0.15) is 32.4 Å². The maximum Gasteiger partial charge on any atom is 0.321 e. The SMILES string of the molecule is CC(C)[C@H](NC(=O)C(C)(F)F)[C@H](Oc1ccc2c(cnn2-c2ccc(NO)nc2)c1)c1ccccc1. The molecule has 4 aromatic rings. The summed E-state index contributed by atoms with van der Waals surface area (Å²) >= 11 is 0. The third-order valence-electron chi connectivity index (χ3n) is 5.78. The van der Waals surface area contributed by atoms with E-state index in [4.69, 9.17) is 9.94 Å². The van der Waals surface area contributed by atoms with Gasteiger partial charge in [-0.3, -0.25) is 15.5 Å². The zero-order chi connectivity index (χ0) is 25.9. The summed E-state index contributed by atoms with van der Waals surface area (Å²) in [5.41, 5.74) is 4.23. The molecule has 0 saturated heterocycles. The van der Waals surface area contributed by atoms with E-state index in [0.717, 1.165) is 16.5 Å². The van der Waals surface area contributed by atoms with Gasteiger partial charge in [-0.05, 0) is 41.8 Å². The van der Waals surface area contributed by atoms with Gasteiger partial charge in [0.1, 0.15) is 17.7 Å². The highest BCUT2D eigenvalue weighted by molar-refractivity contribution is 5.83. The third-order valence-corrected chi connectivity index (χ3v) is 5.78. The molecule has 2 heterocycles. The number of rotatable bonds is 9. The van der Waals surface area contributed by atoms with E-state index in [2.05, 4.69) is 15.4 Å². The molecule has 4 rings (SSSR count). The van der Waals surface area contributed by atoms with Crippen molar-refractivity contribution in [2.24, 2.45) is 5.92 Å². The number of fused-ring (bicyclic) bond motifs is 1. The summed E-state index contributed by atoms with van der Waals surface area (Å²) in [6.07, 6.45) is 2.53. The second-order valence-electron chi connectivity index (χ2n) is 8.87. The lowest BCUT2D eigenvalue weighted by Crippen LogP contribution is -2.49.